The van der Waals surface area contributed by atoms with Gasteiger partial charge in [0, 0.05) is 0 Å². The number of nitrogens with one attached hydrogen (secondary N) is 2. The number of rotatable bonds is 1. The second kappa shape index (κ2) is 6.15. The maximum absolute atomic E-state index is 10.5. The SMILES string of the molecule is O=C1CNC(=O)N1.O=[AsH](O)c1ccccc1. The summed E-state index contributed by atoms with van der Waals surface area (Å²) in [6.45, 7) is 0.124. The van der Waals surface area contributed by atoms with Crippen LogP contribution in [0.1, 0.15) is 0 Å². The minimum absolute atomic E-state index is 0.124. The molecule has 1 atom stereocenters. The molecule has 7 heteroatoms. The molecular formula is C9H11AsN2O4. The predicted octanol–water partition coefficient (Wildman–Crippen LogP) is -1.64. The van der Waals surface area contributed by atoms with E-state index in [1.54, 1.807) is 24.3 Å². The molecule has 3 N–H and O–H groups in total. The first-order valence-electron chi connectivity index (χ1n) is 4.45. The molecule has 1 saturated heterocycles. The molecule has 0 radical (unpaired) electrons. The normalized spacial score (nSPS) is 15.6. The summed E-state index contributed by atoms with van der Waals surface area (Å²) < 4.78 is 19.7. The maximum atomic E-state index is 10.5. The van der Waals surface area contributed by atoms with E-state index in [4.69, 9.17) is 4.10 Å². The Morgan fingerprint density at radius 2 is 1.81 bits per heavy atom. The molecule has 0 aliphatic carbocycles. The molecule has 0 aromatic heterocycles. The van der Waals surface area contributed by atoms with Crippen molar-refractivity contribution in [1.82, 2.24) is 10.6 Å². The summed E-state index contributed by atoms with van der Waals surface area (Å²) in [5.74, 6) is -0.259. The first kappa shape index (κ1) is 12.5. The van der Waals surface area contributed by atoms with Gasteiger partial charge in [0.25, 0.3) is 0 Å². The molecule has 0 saturated carbocycles. The summed E-state index contributed by atoms with van der Waals surface area (Å²) in [5.41, 5.74) is 0. The van der Waals surface area contributed by atoms with E-state index < -0.39 is 21.0 Å². The van der Waals surface area contributed by atoms with Crippen molar-refractivity contribution in [2.24, 2.45) is 0 Å². The second-order valence-electron chi connectivity index (χ2n) is 2.90. The fraction of sp³-hybridized carbons (Fsp3) is 0.111. The molecule has 1 aliphatic rings. The van der Waals surface area contributed by atoms with Crippen molar-refractivity contribution in [3.05, 3.63) is 30.3 Å². The third-order valence-electron chi connectivity index (χ3n) is 1.68. The van der Waals surface area contributed by atoms with Crippen LogP contribution in [-0.4, -0.2) is 37.5 Å². The van der Waals surface area contributed by atoms with E-state index in [2.05, 4.69) is 5.32 Å². The Bertz CT molecular complexity index is 393. The van der Waals surface area contributed by atoms with Crippen molar-refractivity contribution in [1.29, 1.82) is 0 Å². The molecule has 1 aromatic carbocycles. The first-order valence-corrected chi connectivity index (χ1v) is 7.30. The monoisotopic (exact) mass is 286 g/mol. The van der Waals surface area contributed by atoms with Crippen LogP contribution in [0.4, 0.5) is 4.79 Å². The van der Waals surface area contributed by atoms with Gasteiger partial charge in [-0.1, -0.05) is 0 Å². The van der Waals surface area contributed by atoms with Crippen LogP contribution in [-0.2, 0) is 8.53 Å². The van der Waals surface area contributed by atoms with Crippen molar-refractivity contribution in [3.8, 4) is 0 Å². The van der Waals surface area contributed by atoms with E-state index >= 15 is 0 Å². The molecule has 6 nitrogen and oxygen atoms in total. The third kappa shape index (κ3) is 4.33. The molecule has 3 amide bonds. The number of carbonyl (C=O) groups excluding carboxylic acids is 2. The Labute approximate surface area is 96.5 Å². The quantitative estimate of drug-likeness (QED) is 0.426. The molecule has 2 rings (SSSR count). The molecule has 1 fully saturated rings. The fourth-order valence-electron chi connectivity index (χ4n) is 0.956. The number of carbonyl (C=O) groups is 2. The van der Waals surface area contributed by atoms with Gasteiger partial charge in [0.2, 0.25) is 5.91 Å². The summed E-state index contributed by atoms with van der Waals surface area (Å²) in [5, 5.41) is 4.30. The summed E-state index contributed by atoms with van der Waals surface area (Å²) >= 11 is -3.02. The number of imide groups is 1. The third-order valence-corrected chi connectivity index (χ3v) is 3.42. The van der Waals surface area contributed by atoms with E-state index in [0.717, 1.165) is 0 Å². The van der Waals surface area contributed by atoms with Crippen LogP contribution in [0.15, 0.2) is 30.3 Å². The van der Waals surface area contributed by atoms with Crippen LogP contribution in [0.5, 0.6) is 0 Å². The number of hydrogen-bond donors (Lipinski definition) is 3. The summed E-state index contributed by atoms with van der Waals surface area (Å²) in [4.78, 5) is 20.1. The minimum atomic E-state index is -3.02. The molecule has 1 unspecified atom stereocenters. The van der Waals surface area contributed by atoms with Crippen molar-refractivity contribution in [2.45, 2.75) is 0 Å². The standard InChI is InChI=1S/C6H7AsO2.C3H4N2O2/c8-7(9)6-4-2-1-3-5-6;6-2-1-4-3(7)5-2/h1-5,7H,(H,8,9);1H2,(H2,4,5,6,7). The van der Waals surface area contributed by atoms with Crippen LogP contribution < -0.4 is 15.0 Å². The van der Waals surface area contributed by atoms with E-state index in [-0.39, 0.29) is 12.5 Å². The first-order chi connectivity index (χ1) is 7.59. The van der Waals surface area contributed by atoms with Crippen molar-refractivity contribution < 1.29 is 17.4 Å². The molecule has 1 aromatic rings. The molecule has 0 bridgehead atoms. The molecule has 1 aliphatic heterocycles. The summed E-state index contributed by atoms with van der Waals surface area (Å²) in [6.07, 6.45) is 0. The van der Waals surface area contributed by atoms with Gasteiger partial charge >= 0.3 is 63.5 Å². The zero-order valence-electron chi connectivity index (χ0n) is 8.27. The van der Waals surface area contributed by atoms with Crippen molar-refractivity contribution in [2.75, 3.05) is 6.54 Å². The van der Waals surface area contributed by atoms with Crippen molar-refractivity contribution in [3.63, 3.8) is 0 Å². The zero-order valence-corrected chi connectivity index (χ0v) is 10.4. The number of urea groups is 1. The van der Waals surface area contributed by atoms with E-state index in [0.29, 0.717) is 4.35 Å². The van der Waals surface area contributed by atoms with Gasteiger partial charge in [-0.15, -0.1) is 0 Å². The van der Waals surface area contributed by atoms with Gasteiger partial charge < -0.3 is 5.32 Å². The number of benzene rings is 1. The van der Waals surface area contributed by atoms with Crippen LogP contribution in [0.2, 0.25) is 0 Å². The van der Waals surface area contributed by atoms with Gasteiger partial charge in [-0.2, -0.15) is 0 Å². The van der Waals surface area contributed by atoms with Gasteiger partial charge in [0.15, 0.2) is 0 Å². The van der Waals surface area contributed by atoms with Gasteiger partial charge in [-0.3, -0.25) is 10.1 Å². The predicted molar refractivity (Wildman–Crippen MR) is 57.7 cm³/mol. The average molecular weight is 286 g/mol. The van der Waals surface area contributed by atoms with Gasteiger partial charge in [-0.25, -0.2) is 4.79 Å². The van der Waals surface area contributed by atoms with E-state index in [1.807, 2.05) is 11.4 Å². The van der Waals surface area contributed by atoms with E-state index in [9.17, 15) is 13.3 Å². The van der Waals surface area contributed by atoms with Gasteiger partial charge in [0.1, 0.15) is 0 Å². The molecule has 16 heavy (non-hydrogen) atoms. The van der Waals surface area contributed by atoms with Gasteiger partial charge in [0.05, 0.1) is 6.54 Å². The Morgan fingerprint density at radius 1 is 1.19 bits per heavy atom. The van der Waals surface area contributed by atoms with Gasteiger partial charge in [-0.05, 0) is 0 Å². The molecule has 1 heterocycles. The Kier molecular flexibility index (Phi) is 4.82. The average Bonchev–Trinajstić information content (AvgIpc) is 2.65. The van der Waals surface area contributed by atoms with E-state index in [1.165, 1.54) is 0 Å². The van der Waals surface area contributed by atoms with Crippen LogP contribution in [0.25, 0.3) is 0 Å². The fourth-order valence-corrected chi connectivity index (χ4v) is 1.96. The van der Waals surface area contributed by atoms with Crippen LogP contribution in [0, 0.1) is 0 Å². The zero-order chi connectivity index (χ0) is 12.0. The Hall–Kier alpha value is -1.52. The van der Waals surface area contributed by atoms with Crippen LogP contribution >= 0.6 is 0 Å². The molecule has 0 spiro atoms. The number of hydrogen-bond acceptors (Lipinski definition) is 3. The topological polar surface area (TPSA) is 95.5 Å². The Morgan fingerprint density at radius 3 is 2.06 bits per heavy atom. The molecule has 86 valence electrons. The Balaban J connectivity index is 0.000000165. The molecular weight excluding hydrogens is 275 g/mol. The van der Waals surface area contributed by atoms with Crippen molar-refractivity contribution >= 4 is 31.2 Å². The van der Waals surface area contributed by atoms with Crippen LogP contribution in [0.3, 0.4) is 0 Å². The summed E-state index contributed by atoms with van der Waals surface area (Å²) in [7, 11) is 0. The number of amides is 3. The second-order valence-corrected chi connectivity index (χ2v) is 5.39. The summed E-state index contributed by atoms with van der Waals surface area (Å²) in [6, 6.07) is 8.28.